The topological polar surface area (TPSA) is 20.3 Å². The van der Waals surface area contributed by atoms with Gasteiger partial charge in [0.15, 0.2) is 0 Å². The average molecular weight is 323 g/mol. The first-order valence-electron chi connectivity index (χ1n) is 8.10. The average Bonchev–Trinajstić information content (AvgIpc) is 3.09. The maximum absolute atomic E-state index is 12.7. The molecule has 2 nitrogen and oxygen atoms in total. The van der Waals surface area contributed by atoms with Crippen LogP contribution in [0.4, 0.5) is 5.69 Å². The van der Waals surface area contributed by atoms with Gasteiger partial charge in [0, 0.05) is 23.2 Å². The molecule has 118 valence electrons. The molecule has 3 heteroatoms. The van der Waals surface area contributed by atoms with Crippen LogP contribution in [0.2, 0.25) is 0 Å². The fourth-order valence-corrected chi connectivity index (χ4v) is 3.68. The van der Waals surface area contributed by atoms with Crippen molar-refractivity contribution in [3.05, 3.63) is 64.9 Å². The Morgan fingerprint density at radius 1 is 1.04 bits per heavy atom. The zero-order valence-corrected chi connectivity index (χ0v) is 14.2. The summed E-state index contributed by atoms with van der Waals surface area (Å²) < 4.78 is 0. The van der Waals surface area contributed by atoms with E-state index in [0.717, 1.165) is 23.9 Å². The van der Waals surface area contributed by atoms with E-state index >= 15 is 0 Å². The quantitative estimate of drug-likeness (QED) is 0.604. The molecule has 23 heavy (non-hydrogen) atoms. The number of anilines is 1. The smallest absolute Gasteiger partial charge is 0.226 e. The summed E-state index contributed by atoms with van der Waals surface area (Å²) >= 11 is 1.76. The lowest BCUT2D eigenvalue weighted by atomic mass is 10.1. The predicted molar refractivity (Wildman–Crippen MR) is 99.2 cm³/mol. The van der Waals surface area contributed by atoms with Gasteiger partial charge in [-0.2, -0.15) is 0 Å². The molecule has 0 aliphatic rings. The second kappa shape index (κ2) is 7.42. The third-order valence-electron chi connectivity index (χ3n) is 4.07. The van der Waals surface area contributed by atoms with E-state index in [-0.39, 0.29) is 5.91 Å². The van der Waals surface area contributed by atoms with Gasteiger partial charge >= 0.3 is 0 Å². The maximum Gasteiger partial charge on any atom is 0.226 e. The Morgan fingerprint density at radius 3 is 2.65 bits per heavy atom. The zero-order chi connectivity index (χ0) is 16.1. The van der Waals surface area contributed by atoms with E-state index in [0.29, 0.717) is 13.0 Å². The van der Waals surface area contributed by atoms with Crippen LogP contribution in [0.15, 0.2) is 60.0 Å². The molecule has 0 radical (unpaired) electrons. The number of carbonyl (C=O) groups is 1. The molecule has 0 N–H and O–H groups in total. The molecule has 1 heterocycles. The van der Waals surface area contributed by atoms with Gasteiger partial charge in [0.2, 0.25) is 5.91 Å². The fourth-order valence-electron chi connectivity index (χ4n) is 2.93. The van der Waals surface area contributed by atoms with E-state index in [1.165, 1.54) is 10.3 Å². The Balaban J connectivity index is 1.74. The number of nitrogens with zero attached hydrogens (tertiary/aromatic N) is 1. The van der Waals surface area contributed by atoms with Crippen molar-refractivity contribution in [1.29, 1.82) is 0 Å². The molecule has 0 aliphatic carbocycles. The number of rotatable bonds is 6. The van der Waals surface area contributed by atoms with Crippen LogP contribution in [-0.2, 0) is 11.2 Å². The molecular weight excluding hydrogens is 302 g/mol. The van der Waals surface area contributed by atoms with Crippen LogP contribution >= 0.6 is 11.3 Å². The predicted octanol–water partition coefficient (Wildman–Crippen LogP) is 5.28. The van der Waals surface area contributed by atoms with Crippen LogP contribution in [0, 0.1) is 0 Å². The van der Waals surface area contributed by atoms with Crippen LogP contribution in [0.5, 0.6) is 0 Å². The molecule has 0 bridgehead atoms. The number of aryl methyl sites for hydroxylation is 1. The summed E-state index contributed by atoms with van der Waals surface area (Å²) in [4.78, 5) is 15.9. The van der Waals surface area contributed by atoms with Gasteiger partial charge in [-0.3, -0.25) is 4.79 Å². The van der Waals surface area contributed by atoms with E-state index in [2.05, 4.69) is 35.7 Å². The zero-order valence-electron chi connectivity index (χ0n) is 13.4. The first kappa shape index (κ1) is 15.8. The molecule has 0 spiro atoms. The minimum atomic E-state index is 0.209. The minimum absolute atomic E-state index is 0.209. The summed E-state index contributed by atoms with van der Waals surface area (Å²) in [6.07, 6.45) is 2.48. The summed E-state index contributed by atoms with van der Waals surface area (Å²) in [5, 5.41) is 4.41. The summed E-state index contributed by atoms with van der Waals surface area (Å²) in [6.45, 7) is 2.74. The molecule has 0 atom stereocenters. The van der Waals surface area contributed by atoms with Crippen molar-refractivity contribution < 1.29 is 4.79 Å². The van der Waals surface area contributed by atoms with Crippen molar-refractivity contribution in [2.75, 3.05) is 11.4 Å². The van der Waals surface area contributed by atoms with E-state index in [4.69, 9.17) is 0 Å². The second-order valence-electron chi connectivity index (χ2n) is 5.57. The molecule has 0 aliphatic heterocycles. The molecule has 0 saturated heterocycles. The highest BCUT2D eigenvalue weighted by molar-refractivity contribution is 7.09. The van der Waals surface area contributed by atoms with E-state index in [1.54, 1.807) is 11.3 Å². The van der Waals surface area contributed by atoms with Crippen molar-refractivity contribution in [2.45, 2.75) is 26.2 Å². The lowest BCUT2D eigenvalue weighted by molar-refractivity contribution is -0.118. The Hall–Kier alpha value is -2.13. The number of carbonyl (C=O) groups excluding carboxylic acids is 1. The highest BCUT2D eigenvalue weighted by Crippen LogP contribution is 2.27. The number of thiophene rings is 1. The van der Waals surface area contributed by atoms with Crippen LogP contribution in [0.1, 0.15) is 24.6 Å². The highest BCUT2D eigenvalue weighted by Gasteiger charge is 2.15. The second-order valence-corrected chi connectivity index (χ2v) is 6.60. The normalized spacial score (nSPS) is 10.8. The van der Waals surface area contributed by atoms with Gasteiger partial charge in [0.05, 0.1) is 5.69 Å². The van der Waals surface area contributed by atoms with Crippen LogP contribution < -0.4 is 4.90 Å². The van der Waals surface area contributed by atoms with E-state index < -0.39 is 0 Å². The minimum Gasteiger partial charge on any atom is -0.312 e. The van der Waals surface area contributed by atoms with Crippen LogP contribution in [-0.4, -0.2) is 12.5 Å². The Kier molecular flexibility index (Phi) is 5.09. The molecule has 2 aromatic carbocycles. The molecule has 0 unspecified atom stereocenters. The third kappa shape index (κ3) is 3.62. The Morgan fingerprint density at radius 2 is 1.87 bits per heavy atom. The lowest BCUT2D eigenvalue weighted by Gasteiger charge is -2.23. The van der Waals surface area contributed by atoms with Gasteiger partial charge in [0.1, 0.15) is 0 Å². The summed E-state index contributed by atoms with van der Waals surface area (Å²) in [5.41, 5.74) is 1.02. The molecular formula is C20H21NOS. The summed E-state index contributed by atoms with van der Waals surface area (Å²) in [7, 11) is 0. The monoisotopic (exact) mass is 323 g/mol. The number of hydrogen-bond acceptors (Lipinski definition) is 2. The van der Waals surface area contributed by atoms with Gasteiger partial charge in [-0.1, -0.05) is 42.5 Å². The van der Waals surface area contributed by atoms with Gasteiger partial charge in [-0.25, -0.2) is 0 Å². The van der Waals surface area contributed by atoms with Gasteiger partial charge < -0.3 is 4.90 Å². The molecule has 3 aromatic rings. The fraction of sp³-hybridized carbons (Fsp3) is 0.250. The SMILES string of the molecule is CCN(C(=O)CCCc1cccs1)c1cccc2ccccc12. The van der Waals surface area contributed by atoms with Crippen molar-refractivity contribution >= 4 is 33.7 Å². The van der Waals surface area contributed by atoms with Gasteiger partial charge in [-0.15, -0.1) is 11.3 Å². The number of fused-ring (bicyclic) bond motifs is 1. The Bertz CT molecular complexity index is 774. The highest BCUT2D eigenvalue weighted by atomic mass is 32.1. The standard InChI is InChI=1S/C20H21NOS/c1-2-21(20(22)14-6-10-17-11-7-15-23-17)19-13-5-9-16-8-3-4-12-18(16)19/h3-5,7-9,11-13,15H,2,6,10,14H2,1H3. The van der Waals surface area contributed by atoms with Crippen molar-refractivity contribution in [3.8, 4) is 0 Å². The van der Waals surface area contributed by atoms with E-state index in [1.807, 2.05) is 36.1 Å². The molecule has 0 saturated carbocycles. The van der Waals surface area contributed by atoms with Gasteiger partial charge in [-0.05, 0) is 42.7 Å². The van der Waals surface area contributed by atoms with Crippen LogP contribution in [0.25, 0.3) is 10.8 Å². The summed E-state index contributed by atoms with van der Waals surface area (Å²) in [6, 6.07) is 18.6. The molecule has 3 rings (SSSR count). The van der Waals surface area contributed by atoms with Crippen molar-refractivity contribution in [2.24, 2.45) is 0 Å². The molecule has 0 fully saturated rings. The van der Waals surface area contributed by atoms with Crippen molar-refractivity contribution in [1.82, 2.24) is 0 Å². The largest absolute Gasteiger partial charge is 0.312 e. The Labute approximate surface area is 141 Å². The first-order valence-corrected chi connectivity index (χ1v) is 8.98. The number of hydrogen-bond donors (Lipinski definition) is 0. The third-order valence-corrected chi connectivity index (χ3v) is 5.00. The van der Waals surface area contributed by atoms with Crippen molar-refractivity contribution in [3.63, 3.8) is 0 Å². The molecule has 1 aromatic heterocycles. The lowest BCUT2D eigenvalue weighted by Crippen LogP contribution is -2.30. The maximum atomic E-state index is 12.7. The number of amides is 1. The first-order chi connectivity index (χ1) is 11.3. The van der Waals surface area contributed by atoms with Crippen LogP contribution in [0.3, 0.4) is 0 Å². The number of benzene rings is 2. The van der Waals surface area contributed by atoms with Gasteiger partial charge in [0.25, 0.3) is 0 Å². The molecule has 1 amide bonds. The van der Waals surface area contributed by atoms with E-state index in [9.17, 15) is 4.79 Å². The summed E-state index contributed by atoms with van der Waals surface area (Å²) in [5.74, 6) is 0.209.